The number of rotatable bonds is 6. The second-order valence-electron chi connectivity index (χ2n) is 7.17. The Labute approximate surface area is 147 Å². The molecule has 4 rings (SSSR count). The van der Waals surface area contributed by atoms with Crippen molar-refractivity contribution in [2.45, 2.75) is 50.4 Å². The molecule has 24 heavy (non-hydrogen) atoms. The average Bonchev–Trinajstić information content (AvgIpc) is 3.09. The van der Waals surface area contributed by atoms with E-state index in [2.05, 4.69) is 5.32 Å². The fraction of sp³-hybridized carbons (Fsp3) is 0.812. The third-order valence-corrected chi connectivity index (χ3v) is 5.73. The van der Waals surface area contributed by atoms with Gasteiger partial charge < -0.3 is 15.8 Å². The van der Waals surface area contributed by atoms with Gasteiger partial charge in [0.15, 0.2) is 0 Å². The molecular formula is C16H24ClN3O4. The molecule has 4 aliphatic rings. The van der Waals surface area contributed by atoms with Crippen LogP contribution in [0.2, 0.25) is 0 Å². The van der Waals surface area contributed by atoms with Crippen molar-refractivity contribution in [2.75, 3.05) is 13.1 Å². The van der Waals surface area contributed by atoms with Gasteiger partial charge in [-0.25, -0.2) is 0 Å². The Hall–Kier alpha value is -1.18. The molecule has 0 spiro atoms. The van der Waals surface area contributed by atoms with E-state index in [4.69, 9.17) is 10.5 Å². The first-order chi connectivity index (χ1) is 11.1. The summed E-state index contributed by atoms with van der Waals surface area (Å²) in [5.74, 6) is -0.578. The Bertz CT molecular complexity index is 525. The largest absolute Gasteiger partial charge is 0.373 e. The first-order valence-electron chi connectivity index (χ1n) is 8.60. The summed E-state index contributed by atoms with van der Waals surface area (Å²) in [6, 6.07) is 0.0242. The van der Waals surface area contributed by atoms with E-state index in [1.807, 2.05) is 0 Å². The quantitative estimate of drug-likeness (QED) is 0.642. The molecule has 0 aromatic carbocycles. The molecule has 2 bridgehead atoms. The zero-order valence-corrected chi connectivity index (χ0v) is 14.3. The molecule has 8 heteroatoms. The van der Waals surface area contributed by atoms with E-state index in [-0.39, 0.29) is 73.2 Å². The van der Waals surface area contributed by atoms with E-state index in [0.717, 1.165) is 25.7 Å². The van der Waals surface area contributed by atoms with Crippen LogP contribution < -0.4 is 11.1 Å². The van der Waals surface area contributed by atoms with Crippen LogP contribution in [0.5, 0.6) is 0 Å². The maximum atomic E-state index is 12.5. The van der Waals surface area contributed by atoms with Crippen molar-refractivity contribution >= 4 is 30.1 Å². The summed E-state index contributed by atoms with van der Waals surface area (Å²) >= 11 is 0. The highest BCUT2D eigenvalue weighted by atomic mass is 35.5. The summed E-state index contributed by atoms with van der Waals surface area (Å²) in [5, 5.41) is 2.92. The van der Waals surface area contributed by atoms with E-state index in [1.165, 1.54) is 4.90 Å². The van der Waals surface area contributed by atoms with Gasteiger partial charge in [-0.15, -0.1) is 12.4 Å². The summed E-state index contributed by atoms with van der Waals surface area (Å²) < 4.78 is 5.69. The Kier molecular flexibility index (Phi) is 4.86. The molecule has 134 valence electrons. The van der Waals surface area contributed by atoms with Crippen LogP contribution in [0.25, 0.3) is 0 Å². The predicted octanol–water partition coefficient (Wildman–Crippen LogP) is -0.186. The standard InChI is InChI=1S/C16H23N3O4.ClH/c17-7-9(8-1-2-8)18-12(20)5-6-19-15(21)13-10-3-4-11(23-10)14(13)16(19)22;/h8-11,13-14H,1-7,17H2,(H,18,20);1H. The van der Waals surface area contributed by atoms with Gasteiger partial charge in [0, 0.05) is 25.6 Å². The third-order valence-electron chi connectivity index (χ3n) is 5.73. The van der Waals surface area contributed by atoms with Crippen molar-refractivity contribution in [3.63, 3.8) is 0 Å². The molecule has 0 aromatic heterocycles. The second-order valence-corrected chi connectivity index (χ2v) is 7.17. The van der Waals surface area contributed by atoms with Gasteiger partial charge in [-0.1, -0.05) is 0 Å². The predicted molar refractivity (Wildman–Crippen MR) is 87.2 cm³/mol. The van der Waals surface area contributed by atoms with Crippen molar-refractivity contribution in [3.05, 3.63) is 0 Å². The van der Waals surface area contributed by atoms with Gasteiger partial charge in [0.25, 0.3) is 0 Å². The molecule has 3 heterocycles. The SMILES string of the molecule is Cl.NCC(NC(=O)CCN1C(=O)C2C3CCC(O3)C2C1=O)C1CC1. The molecule has 0 radical (unpaired) electrons. The molecule has 4 fully saturated rings. The lowest BCUT2D eigenvalue weighted by molar-refractivity contribution is -0.142. The maximum absolute atomic E-state index is 12.5. The molecule has 5 atom stereocenters. The second kappa shape index (κ2) is 6.61. The molecule has 1 aliphatic carbocycles. The van der Waals surface area contributed by atoms with Gasteiger partial charge in [0.1, 0.15) is 0 Å². The van der Waals surface area contributed by atoms with Crippen molar-refractivity contribution in [1.82, 2.24) is 10.2 Å². The Morgan fingerprint density at radius 1 is 1.17 bits per heavy atom. The molecule has 0 aromatic rings. The van der Waals surface area contributed by atoms with Crippen molar-refractivity contribution in [3.8, 4) is 0 Å². The van der Waals surface area contributed by atoms with Crippen LogP contribution in [0, 0.1) is 17.8 Å². The van der Waals surface area contributed by atoms with E-state index < -0.39 is 0 Å². The monoisotopic (exact) mass is 357 g/mol. The van der Waals surface area contributed by atoms with E-state index in [9.17, 15) is 14.4 Å². The van der Waals surface area contributed by atoms with E-state index >= 15 is 0 Å². The van der Waals surface area contributed by atoms with Crippen LogP contribution in [0.1, 0.15) is 32.1 Å². The Balaban J connectivity index is 0.00000169. The minimum Gasteiger partial charge on any atom is -0.373 e. The van der Waals surface area contributed by atoms with Crippen molar-refractivity contribution < 1.29 is 19.1 Å². The van der Waals surface area contributed by atoms with Crippen molar-refractivity contribution in [2.24, 2.45) is 23.5 Å². The summed E-state index contributed by atoms with van der Waals surface area (Å²) in [6.45, 7) is 0.598. The fourth-order valence-corrected chi connectivity index (χ4v) is 4.35. The number of nitrogens with one attached hydrogen (secondary N) is 1. The number of nitrogens with zero attached hydrogens (tertiary/aromatic N) is 1. The van der Waals surface area contributed by atoms with Crippen LogP contribution in [0.15, 0.2) is 0 Å². The van der Waals surface area contributed by atoms with Gasteiger partial charge in [0.2, 0.25) is 17.7 Å². The van der Waals surface area contributed by atoms with Gasteiger partial charge >= 0.3 is 0 Å². The van der Waals surface area contributed by atoms with Gasteiger partial charge in [0.05, 0.1) is 24.0 Å². The normalized spacial score (nSPS) is 35.0. The number of ether oxygens (including phenoxy) is 1. The molecule has 3 N–H and O–H groups in total. The summed E-state index contributed by atoms with van der Waals surface area (Å²) in [4.78, 5) is 38.3. The fourth-order valence-electron chi connectivity index (χ4n) is 4.35. The zero-order valence-electron chi connectivity index (χ0n) is 13.5. The topological polar surface area (TPSA) is 102 Å². The van der Waals surface area contributed by atoms with E-state index in [0.29, 0.717) is 12.5 Å². The molecule has 3 aliphatic heterocycles. The minimum atomic E-state index is -0.312. The number of carbonyl (C=O) groups is 3. The number of likely N-dealkylation sites (tertiary alicyclic amines) is 1. The smallest absolute Gasteiger partial charge is 0.235 e. The van der Waals surface area contributed by atoms with Gasteiger partial charge in [-0.2, -0.15) is 0 Å². The van der Waals surface area contributed by atoms with Crippen LogP contribution in [-0.2, 0) is 19.1 Å². The number of halogens is 1. The highest BCUT2D eigenvalue weighted by Gasteiger charge is 2.62. The first kappa shape index (κ1) is 17.6. The van der Waals surface area contributed by atoms with E-state index in [1.54, 1.807) is 0 Å². The van der Waals surface area contributed by atoms with Crippen molar-refractivity contribution in [1.29, 1.82) is 0 Å². The number of amides is 3. The molecular weight excluding hydrogens is 334 g/mol. The maximum Gasteiger partial charge on any atom is 0.235 e. The zero-order chi connectivity index (χ0) is 16.1. The molecule has 7 nitrogen and oxygen atoms in total. The lowest BCUT2D eigenvalue weighted by atomic mass is 9.81. The number of fused-ring (bicyclic) bond motifs is 5. The lowest BCUT2D eigenvalue weighted by Gasteiger charge is -2.19. The summed E-state index contributed by atoms with van der Waals surface area (Å²) in [6.07, 6.45) is 3.89. The number of imide groups is 1. The van der Waals surface area contributed by atoms with Crippen LogP contribution in [0.4, 0.5) is 0 Å². The number of nitrogens with two attached hydrogens (primary N) is 1. The summed E-state index contributed by atoms with van der Waals surface area (Å²) in [5.41, 5.74) is 5.68. The third kappa shape index (κ3) is 2.82. The highest BCUT2D eigenvalue weighted by Crippen LogP contribution is 2.48. The molecule has 3 amide bonds. The first-order valence-corrected chi connectivity index (χ1v) is 8.60. The molecule has 1 saturated carbocycles. The average molecular weight is 358 g/mol. The Morgan fingerprint density at radius 2 is 1.75 bits per heavy atom. The number of carbonyl (C=O) groups excluding carboxylic acids is 3. The van der Waals surface area contributed by atoms with Gasteiger partial charge in [-0.3, -0.25) is 19.3 Å². The molecule has 5 unspecified atom stereocenters. The van der Waals surface area contributed by atoms with Gasteiger partial charge in [-0.05, 0) is 31.6 Å². The van der Waals surface area contributed by atoms with Crippen LogP contribution in [0.3, 0.4) is 0 Å². The Morgan fingerprint density at radius 3 is 2.25 bits per heavy atom. The number of hydrogen-bond donors (Lipinski definition) is 2. The number of hydrogen-bond acceptors (Lipinski definition) is 5. The van der Waals surface area contributed by atoms with Crippen LogP contribution in [-0.4, -0.2) is 54.0 Å². The summed E-state index contributed by atoms with van der Waals surface area (Å²) in [7, 11) is 0. The minimum absolute atomic E-state index is 0. The van der Waals surface area contributed by atoms with Crippen LogP contribution >= 0.6 is 12.4 Å². The highest BCUT2D eigenvalue weighted by molar-refractivity contribution is 6.06. The lowest BCUT2D eigenvalue weighted by Crippen LogP contribution is -2.43. The molecule has 3 saturated heterocycles.